The number of nitrogens with two attached hydrogens (primary N) is 1. The van der Waals surface area contributed by atoms with Gasteiger partial charge in [0.05, 0.1) is 11.9 Å². The fourth-order valence-electron chi connectivity index (χ4n) is 3.09. The van der Waals surface area contributed by atoms with Gasteiger partial charge in [-0.25, -0.2) is 4.98 Å². The van der Waals surface area contributed by atoms with E-state index >= 15 is 0 Å². The molecule has 4 nitrogen and oxygen atoms in total. The Balaban J connectivity index is 2.00. The Labute approximate surface area is 107 Å². The van der Waals surface area contributed by atoms with E-state index in [2.05, 4.69) is 21.5 Å². The van der Waals surface area contributed by atoms with Gasteiger partial charge in [0.25, 0.3) is 0 Å². The lowest BCUT2D eigenvalue weighted by atomic mass is 10.1. The molecule has 1 aromatic heterocycles. The first kappa shape index (κ1) is 11.5. The maximum atomic E-state index is 6.24. The quantitative estimate of drug-likeness (QED) is 0.831. The Morgan fingerprint density at radius 2 is 2.24 bits per heavy atom. The number of halogens is 1. The van der Waals surface area contributed by atoms with Crippen molar-refractivity contribution in [3.05, 3.63) is 16.7 Å². The zero-order valence-electron chi connectivity index (χ0n) is 10.2. The summed E-state index contributed by atoms with van der Waals surface area (Å²) in [6.07, 6.45) is 4.41. The second-order valence-electron chi connectivity index (χ2n) is 5.28. The number of likely N-dealkylation sites (tertiary alicyclic amines) is 1. The highest BCUT2D eigenvalue weighted by Gasteiger charge is 2.31. The summed E-state index contributed by atoms with van der Waals surface area (Å²) in [6.45, 7) is 2.21. The summed E-state index contributed by atoms with van der Waals surface area (Å²) < 4.78 is 2.20. The van der Waals surface area contributed by atoms with E-state index in [1.54, 1.807) is 0 Å². The molecular formula is C12H19ClN4. The van der Waals surface area contributed by atoms with Crippen LogP contribution in [0.25, 0.3) is 0 Å². The van der Waals surface area contributed by atoms with Crippen LogP contribution in [0.4, 0.5) is 0 Å². The molecule has 5 heteroatoms. The molecule has 17 heavy (non-hydrogen) atoms. The Morgan fingerprint density at radius 1 is 1.41 bits per heavy atom. The molecule has 2 aliphatic rings. The van der Waals surface area contributed by atoms with Crippen LogP contribution in [0.3, 0.4) is 0 Å². The number of imidazole rings is 1. The van der Waals surface area contributed by atoms with E-state index in [-0.39, 0.29) is 6.17 Å². The zero-order valence-corrected chi connectivity index (χ0v) is 11.0. The van der Waals surface area contributed by atoms with Crippen LogP contribution < -0.4 is 5.73 Å². The van der Waals surface area contributed by atoms with Gasteiger partial charge in [0, 0.05) is 12.5 Å². The number of hydrogen-bond acceptors (Lipinski definition) is 3. The number of rotatable bonds is 1. The topological polar surface area (TPSA) is 47.1 Å². The molecule has 0 radical (unpaired) electrons. The van der Waals surface area contributed by atoms with Crippen molar-refractivity contribution in [3.63, 3.8) is 0 Å². The van der Waals surface area contributed by atoms with Crippen LogP contribution in [0.15, 0.2) is 0 Å². The van der Waals surface area contributed by atoms with Crippen molar-refractivity contribution >= 4 is 11.6 Å². The summed E-state index contributed by atoms with van der Waals surface area (Å²) in [4.78, 5) is 6.92. The maximum Gasteiger partial charge on any atom is 0.150 e. The van der Waals surface area contributed by atoms with Crippen molar-refractivity contribution in [1.29, 1.82) is 0 Å². The lowest BCUT2D eigenvalue weighted by molar-refractivity contribution is 0.380. The van der Waals surface area contributed by atoms with Crippen LogP contribution in [0, 0.1) is 0 Å². The van der Waals surface area contributed by atoms with Crippen LogP contribution in [-0.2, 0) is 6.42 Å². The molecule has 3 heterocycles. The number of likely N-dealkylation sites (N-methyl/N-ethyl adjacent to an activating group) is 1. The average Bonchev–Trinajstić information content (AvgIpc) is 2.85. The zero-order chi connectivity index (χ0) is 12.0. The third-order valence-electron chi connectivity index (χ3n) is 3.99. The van der Waals surface area contributed by atoms with E-state index < -0.39 is 0 Å². The summed E-state index contributed by atoms with van der Waals surface area (Å²) in [5.41, 5.74) is 7.36. The van der Waals surface area contributed by atoms with Crippen LogP contribution in [0.1, 0.15) is 42.9 Å². The van der Waals surface area contributed by atoms with Gasteiger partial charge < -0.3 is 15.2 Å². The Hall–Kier alpha value is -0.580. The molecule has 2 N–H and O–H groups in total. The van der Waals surface area contributed by atoms with E-state index in [1.165, 1.54) is 0 Å². The average molecular weight is 255 g/mol. The molecule has 0 aliphatic carbocycles. The minimum Gasteiger partial charge on any atom is -0.314 e. The first-order valence-electron chi connectivity index (χ1n) is 6.37. The molecule has 2 unspecified atom stereocenters. The third-order valence-corrected chi connectivity index (χ3v) is 4.29. The van der Waals surface area contributed by atoms with Gasteiger partial charge in [0.15, 0.2) is 5.15 Å². The molecule has 2 atom stereocenters. The van der Waals surface area contributed by atoms with E-state index in [9.17, 15) is 0 Å². The molecule has 3 rings (SSSR count). The van der Waals surface area contributed by atoms with Crippen molar-refractivity contribution in [2.75, 3.05) is 20.1 Å². The summed E-state index contributed by atoms with van der Waals surface area (Å²) >= 11 is 6.24. The first-order chi connectivity index (χ1) is 8.16. The number of aromatic nitrogens is 2. The number of hydrogen-bond donors (Lipinski definition) is 1. The molecule has 0 saturated carbocycles. The van der Waals surface area contributed by atoms with Gasteiger partial charge in [0.1, 0.15) is 5.82 Å². The Kier molecular flexibility index (Phi) is 2.89. The highest BCUT2D eigenvalue weighted by atomic mass is 35.5. The van der Waals surface area contributed by atoms with Gasteiger partial charge >= 0.3 is 0 Å². The van der Waals surface area contributed by atoms with Gasteiger partial charge in [-0.3, -0.25) is 0 Å². The van der Waals surface area contributed by atoms with E-state index in [4.69, 9.17) is 17.3 Å². The monoisotopic (exact) mass is 254 g/mol. The largest absolute Gasteiger partial charge is 0.314 e. The van der Waals surface area contributed by atoms with E-state index in [0.717, 1.165) is 50.3 Å². The highest BCUT2D eigenvalue weighted by Crippen LogP contribution is 2.34. The van der Waals surface area contributed by atoms with Crippen molar-refractivity contribution < 1.29 is 0 Å². The molecule has 1 saturated heterocycles. The van der Waals surface area contributed by atoms with Crippen molar-refractivity contribution in [3.8, 4) is 0 Å². The molecular weight excluding hydrogens is 236 g/mol. The molecule has 1 fully saturated rings. The molecule has 0 amide bonds. The van der Waals surface area contributed by atoms with Crippen LogP contribution in [-0.4, -0.2) is 34.6 Å². The van der Waals surface area contributed by atoms with Crippen molar-refractivity contribution in [1.82, 2.24) is 14.5 Å². The lowest BCUT2D eigenvalue weighted by Gasteiger charge is -2.25. The predicted molar refractivity (Wildman–Crippen MR) is 68.3 cm³/mol. The minimum absolute atomic E-state index is 0.0691. The molecule has 0 spiro atoms. The van der Waals surface area contributed by atoms with Crippen molar-refractivity contribution in [2.45, 2.75) is 37.8 Å². The molecule has 94 valence electrons. The standard InChI is InChI=1S/C12H19ClN4/c1-16-6-5-8(7-16)12-15-11(13)9-3-2-4-10(14)17(9)12/h8,10H,2-7,14H2,1H3. The molecule has 2 aliphatic heterocycles. The minimum atomic E-state index is 0.0691. The summed E-state index contributed by atoms with van der Waals surface area (Å²) in [7, 11) is 2.15. The highest BCUT2D eigenvalue weighted by molar-refractivity contribution is 6.30. The maximum absolute atomic E-state index is 6.24. The fourth-order valence-corrected chi connectivity index (χ4v) is 3.36. The normalized spacial score (nSPS) is 29.6. The SMILES string of the molecule is CN1CCC(c2nc(Cl)c3n2C(N)CCC3)C1. The molecule has 0 aromatic carbocycles. The Bertz CT molecular complexity index is 428. The van der Waals surface area contributed by atoms with Gasteiger partial charge in [-0.05, 0) is 39.3 Å². The van der Waals surface area contributed by atoms with E-state index in [0.29, 0.717) is 11.1 Å². The lowest BCUT2D eigenvalue weighted by Crippen LogP contribution is -2.27. The molecule has 1 aromatic rings. The second-order valence-corrected chi connectivity index (χ2v) is 5.64. The third kappa shape index (κ3) is 1.88. The first-order valence-corrected chi connectivity index (χ1v) is 6.75. The summed E-state index contributed by atoms with van der Waals surface area (Å²) in [5, 5.41) is 0.671. The van der Waals surface area contributed by atoms with Gasteiger partial charge in [-0.15, -0.1) is 0 Å². The smallest absolute Gasteiger partial charge is 0.150 e. The summed E-state index contributed by atoms with van der Waals surface area (Å²) in [5.74, 6) is 1.61. The van der Waals surface area contributed by atoms with Crippen LogP contribution >= 0.6 is 11.6 Å². The summed E-state index contributed by atoms with van der Waals surface area (Å²) in [6, 6.07) is 0. The fraction of sp³-hybridized carbons (Fsp3) is 0.750. The number of fused-ring (bicyclic) bond motifs is 1. The second kappa shape index (κ2) is 4.26. The Morgan fingerprint density at radius 3 is 2.94 bits per heavy atom. The van der Waals surface area contributed by atoms with Gasteiger partial charge in [0.2, 0.25) is 0 Å². The number of nitrogens with zero attached hydrogens (tertiary/aromatic N) is 3. The van der Waals surface area contributed by atoms with E-state index in [1.807, 2.05) is 0 Å². The van der Waals surface area contributed by atoms with Crippen molar-refractivity contribution in [2.24, 2.45) is 5.73 Å². The molecule has 0 bridgehead atoms. The van der Waals surface area contributed by atoms with Gasteiger partial charge in [-0.2, -0.15) is 0 Å². The van der Waals surface area contributed by atoms with Gasteiger partial charge in [-0.1, -0.05) is 11.6 Å². The predicted octanol–water partition coefficient (Wildman–Crippen LogP) is 1.75. The van der Waals surface area contributed by atoms with Crippen LogP contribution in [0.5, 0.6) is 0 Å². The van der Waals surface area contributed by atoms with Crippen LogP contribution in [0.2, 0.25) is 5.15 Å².